The average molecular weight is 296 g/mol. The Morgan fingerprint density at radius 2 is 1.91 bits per heavy atom. The third-order valence-corrected chi connectivity index (χ3v) is 3.83. The lowest BCUT2D eigenvalue weighted by Gasteiger charge is -2.18. The van der Waals surface area contributed by atoms with Gasteiger partial charge in [-0.25, -0.2) is 0 Å². The molecule has 0 saturated heterocycles. The van der Waals surface area contributed by atoms with Crippen LogP contribution in [0, 0.1) is 19.8 Å². The highest BCUT2D eigenvalue weighted by Gasteiger charge is 2.16. The van der Waals surface area contributed by atoms with E-state index in [1.807, 2.05) is 17.7 Å². The highest BCUT2D eigenvalue weighted by atomic mass is 16.1. The summed E-state index contributed by atoms with van der Waals surface area (Å²) in [5.74, 6) is 0.500. The molecule has 1 heterocycles. The first-order valence-corrected chi connectivity index (χ1v) is 7.73. The molecule has 22 heavy (non-hydrogen) atoms. The number of carbonyl (C=O) groups excluding carboxylic acids is 1. The van der Waals surface area contributed by atoms with Crippen molar-refractivity contribution in [2.45, 2.75) is 40.7 Å². The number of aryl methyl sites for hydroxylation is 2. The second kappa shape index (κ2) is 6.73. The number of aldehydes is 1. The van der Waals surface area contributed by atoms with Gasteiger partial charge in [-0.3, -0.25) is 9.48 Å². The number of nitrogens with zero attached hydrogens (tertiary/aromatic N) is 2. The Morgan fingerprint density at radius 1 is 1.18 bits per heavy atom. The predicted molar refractivity (Wildman–Crippen MR) is 91.2 cm³/mol. The Labute approximate surface area is 132 Å². The Kier molecular flexibility index (Phi) is 4.96. The van der Waals surface area contributed by atoms with Crippen LogP contribution in [0.5, 0.6) is 0 Å². The average Bonchev–Trinajstić information content (AvgIpc) is 2.86. The van der Waals surface area contributed by atoms with Crippen molar-refractivity contribution in [2.24, 2.45) is 5.92 Å². The lowest BCUT2D eigenvalue weighted by molar-refractivity contribution is 0.111. The Hall–Kier alpha value is -2.16. The summed E-state index contributed by atoms with van der Waals surface area (Å²) in [6.07, 6.45) is 5.26. The van der Waals surface area contributed by atoms with Crippen molar-refractivity contribution in [3.63, 3.8) is 0 Å². The largest absolute Gasteiger partial charge is 0.296 e. The summed E-state index contributed by atoms with van der Waals surface area (Å²) >= 11 is 0. The molecule has 0 radical (unpaired) electrons. The first kappa shape index (κ1) is 16.2. The second-order valence-corrected chi connectivity index (χ2v) is 6.13. The molecule has 0 saturated carbocycles. The number of hydrogen-bond donors (Lipinski definition) is 0. The highest BCUT2D eigenvalue weighted by Crippen LogP contribution is 2.26. The maximum Gasteiger partial charge on any atom is 0.168 e. The standard InChI is InChI=1S/C19H24N2O/c1-13(2)9-10-18-14(3)7-6-8-19(18)16(5)21-17(12-22)11-15(4)20-21/h6-13,16H,1-5H3/b10-9-. The van der Waals surface area contributed by atoms with Gasteiger partial charge in [-0.05, 0) is 49.4 Å². The Balaban J connectivity index is 2.51. The molecule has 0 spiro atoms. The molecular formula is C19H24N2O. The molecule has 3 nitrogen and oxygen atoms in total. The van der Waals surface area contributed by atoms with Gasteiger partial charge in [0.05, 0.1) is 11.7 Å². The normalized spacial score (nSPS) is 13.0. The van der Waals surface area contributed by atoms with Gasteiger partial charge in [-0.1, -0.05) is 44.2 Å². The number of hydrogen-bond acceptors (Lipinski definition) is 2. The first-order chi connectivity index (χ1) is 10.4. The van der Waals surface area contributed by atoms with Gasteiger partial charge in [0.2, 0.25) is 0 Å². The summed E-state index contributed by atoms with van der Waals surface area (Å²) in [6, 6.07) is 8.13. The van der Waals surface area contributed by atoms with Gasteiger partial charge in [0.15, 0.2) is 6.29 Å². The monoisotopic (exact) mass is 296 g/mol. The zero-order valence-corrected chi connectivity index (χ0v) is 14.0. The molecule has 1 atom stereocenters. The zero-order chi connectivity index (χ0) is 16.3. The van der Waals surface area contributed by atoms with Gasteiger partial charge in [0.1, 0.15) is 5.69 Å². The van der Waals surface area contributed by atoms with Crippen LogP contribution in [0.3, 0.4) is 0 Å². The van der Waals surface area contributed by atoms with E-state index in [9.17, 15) is 4.79 Å². The minimum Gasteiger partial charge on any atom is -0.296 e. The molecule has 3 heteroatoms. The van der Waals surface area contributed by atoms with Crippen LogP contribution in [0.1, 0.15) is 59.7 Å². The number of allylic oxidation sites excluding steroid dienone is 1. The fourth-order valence-corrected chi connectivity index (χ4v) is 2.65. The minimum atomic E-state index is 0.0145. The molecule has 0 amide bonds. The van der Waals surface area contributed by atoms with Crippen LogP contribution in [0.25, 0.3) is 6.08 Å². The SMILES string of the molecule is Cc1cc(C=O)n(C(C)c2cccc(C)c2/C=C\C(C)C)n1. The molecule has 0 fully saturated rings. The predicted octanol–water partition coefficient (Wildman–Crippen LogP) is 4.59. The van der Waals surface area contributed by atoms with Gasteiger partial charge in [0, 0.05) is 0 Å². The van der Waals surface area contributed by atoms with Gasteiger partial charge in [-0.2, -0.15) is 5.10 Å². The van der Waals surface area contributed by atoms with Crippen LogP contribution in [-0.4, -0.2) is 16.1 Å². The molecule has 0 aliphatic heterocycles. The van der Waals surface area contributed by atoms with E-state index in [0.29, 0.717) is 11.6 Å². The van der Waals surface area contributed by atoms with Crippen molar-refractivity contribution >= 4 is 12.4 Å². The van der Waals surface area contributed by atoms with Crippen LogP contribution >= 0.6 is 0 Å². The van der Waals surface area contributed by atoms with Gasteiger partial charge >= 0.3 is 0 Å². The van der Waals surface area contributed by atoms with Crippen molar-refractivity contribution in [1.82, 2.24) is 9.78 Å². The third kappa shape index (κ3) is 3.35. The molecule has 1 aromatic carbocycles. The van der Waals surface area contributed by atoms with E-state index in [4.69, 9.17) is 0 Å². The van der Waals surface area contributed by atoms with Gasteiger partial charge in [0.25, 0.3) is 0 Å². The van der Waals surface area contributed by atoms with Crippen molar-refractivity contribution in [3.8, 4) is 0 Å². The molecular weight excluding hydrogens is 272 g/mol. The van der Waals surface area contributed by atoms with E-state index >= 15 is 0 Å². The van der Waals surface area contributed by atoms with E-state index < -0.39 is 0 Å². The smallest absolute Gasteiger partial charge is 0.168 e. The number of aromatic nitrogens is 2. The molecule has 1 unspecified atom stereocenters. The summed E-state index contributed by atoms with van der Waals surface area (Å²) in [7, 11) is 0. The molecule has 0 aliphatic rings. The van der Waals surface area contributed by atoms with Crippen molar-refractivity contribution in [1.29, 1.82) is 0 Å². The van der Waals surface area contributed by atoms with Crippen LogP contribution < -0.4 is 0 Å². The topological polar surface area (TPSA) is 34.9 Å². The van der Waals surface area contributed by atoms with Crippen molar-refractivity contribution < 1.29 is 4.79 Å². The van der Waals surface area contributed by atoms with Crippen LogP contribution in [0.4, 0.5) is 0 Å². The Bertz CT molecular complexity index is 695. The van der Waals surface area contributed by atoms with E-state index in [-0.39, 0.29) is 6.04 Å². The van der Waals surface area contributed by atoms with Crippen molar-refractivity contribution in [3.05, 3.63) is 58.4 Å². The van der Waals surface area contributed by atoms with E-state index in [0.717, 1.165) is 12.0 Å². The summed E-state index contributed by atoms with van der Waals surface area (Å²) in [6.45, 7) is 10.4. The molecule has 1 aromatic heterocycles. The number of carbonyl (C=O) groups is 1. The molecule has 2 aromatic rings. The molecule has 2 rings (SSSR count). The first-order valence-electron chi connectivity index (χ1n) is 7.73. The van der Waals surface area contributed by atoms with E-state index in [1.165, 1.54) is 16.7 Å². The van der Waals surface area contributed by atoms with Crippen molar-refractivity contribution in [2.75, 3.05) is 0 Å². The minimum absolute atomic E-state index is 0.0145. The fourth-order valence-electron chi connectivity index (χ4n) is 2.65. The van der Waals surface area contributed by atoms with Gasteiger partial charge < -0.3 is 0 Å². The van der Waals surface area contributed by atoms with Crippen LogP contribution in [0.15, 0.2) is 30.3 Å². The van der Waals surface area contributed by atoms with Gasteiger partial charge in [-0.15, -0.1) is 0 Å². The summed E-state index contributed by atoms with van der Waals surface area (Å²) in [5, 5.41) is 4.49. The molecule has 0 aliphatic carbocycles. The summed E-state index contributed by atoms with van der Waals surface area (Å²) in [4.78, 5) is 11.3. The number of benzene rings is 1. The Morgan fingerprint density at radius 3 is 2.55 bits per heavy atom. The molecule has 116 valence electrons. The van der Waals surface area contributed by atoms with E-state index in [1.54, 1.807) is 0 Å². The van der Waals surface area contributed by atoms with E-state index in [2.05, 4.69) is 63.1 Å². The lowest BCUT2D eigenvalue weighted by Crippen LogP contribution is -2.13. The lowest BCUT2D eigenvalue weighted by atomic mass is 9.96. The molecule has 0 bridgehead atoms. The zero-order valence-electron chi connectivity index (χ0n) is 14.0. The summed E-state index contributed by atoms with van der Waals surface area (Å²) < 4.78 is 1.81. The maximum absolute atomic E-state index is 11.3. The second-order valence-electron chi connectivity index (χ2n) is 6.13. The van der Waals surface area contributed by atoms with Crippen LogP contribution in [0.2, 0.25) is 0 Å². The third-order valence-electron chi connectivity index (χ3n) is 3.83. The quantitative estimate of drug-likeness (QED) is 0.756. The summed E-state index contributed by atoms with van der Waals surface area (Å²) in [5.41, 5.74) is 5.11. The van der Waals surface area contributed by atoms with Crippen LogP contribution in [-0.2, 0) is 0 Å². The molecule has 0 N–H and O–H groups in total. The highest BCUT2D eigenvalue weighted by molar-refractivity contribution is 5.72. The number of rotatable bonds is 5. The maximum atomic E-state index is 11.3. The fraction of sp³-hybridized carbons (Fsp3) is 0.368.